The van der Waals surface area contributed by atoms with Gasteiger partial charge in [-0.25, -0.2) is 0 Å². The number of hydrogen-bond acceptors (Lipinski definition) is 3. The molecule has 3 N–H and O–H groups in total. The van der Waals surface area contributed by atoms with Crippen molar-refractivity contribution in [1.29, 1.82) is 0 Å². The maximum absolute atomic E-state index is 9.75. The molecule has 0 amide bonds. The minimum absolute atomic E-state index is 0.296. The van der Waals surface area contributed by atoms with Crippen LogP contribution in [0.3, 0.4) is 0 Å². The number of phenolic OH excluding ortho intramolecular Hbond substituents is 1. The number of unbranched alkanes of at least 4 members (excludes halogenated alkanes) is 5. The van der Waals surface area contributed by atoms with Crippen molar-refractivity contribution < 1.29 is 24.9 Å². The fraction of sp³-hybridized carbons (Fsp3) is 0.600. The molecule has 0 saturated carbocycles. The molecule has 142 valence electrons. The number of benzene rings is 1. The third-order valence-electron chi connectivity index (χ3n) is 4.01. The minimum atomic E-state index is -1.08. The topological polar surface area (TPSA) is 94.8 Å². The molecule has 0 aliphatic heterocycles. The number of rotatable bonds is 11. The van der Waals surface area contributed by atoms with Gasteiger partial charge in [-0.15, -0.1) is 0 Å². The highest BCUT2D eigenvalue weighted by atomic mass is 16.4. The van der Waals surface area contributed by atoms with E-state index in [-0.39, 0.29) is 12.8 Å². The van der Waals surface area contributed by atoms with Gasteiger partial charge in [0.25, 0.3) is 0 Å². The highest BCUT2D eigenvalue weighted by molar-refractivity contribution is 5.75. The van der Waals surface area contributed by atoms with Gasteiger partial charge in [0, 0.05) is 0 Å². The molecule has 5 heteroatoms. The number of para-hydroxylation sites is 1. The zero-order chi connectivity index (χ0) is 19.1. The Hall–Kier alpha value is -2.04. The fourth-order valence-electron chi connectivity index (χ4n) is 2.50. The van der Waals surface area contributed by atoms with Crippen molar-refractivity contribution in [2.45, 2.75) is 77.6 Å². The summed E-state index contributed by atoms with van der Waals surface area (Å²) in [5.74, 6) is -1.23. The lowest BCUT2D eigenvalue weighted by molar-refractivity contribution is -0.143. The molecule has 0 aliphatic carbocycles. The van der Waals surface area contributed by atoms with Crippen LogP contribution < -0.4 is 0 Å². The summed E-state index contributed by atoms with van der Waals surface area (Å²) >= 11 is 0. The highest BCUT2D eigenvalue weighted by Gasteiger charge is 2.08. The Morgan fingerprint density at radius 3 is 1.96 bits per heavy atom. The van der Waals surface area contributed by atoms with Crippen LogP contribution in [0.15, 0.2) is 24.3 Å². The van der Waals surface area contributed by atoms with Gasteiger partial charge >= 0.3 is 11.9 Å². The molecule has 5 nitrogen and oxygen atoms in total. The van der Waals surface area contributed by atoms with Crippen molar-refractivity contribution in [1.82, 2.24) is 0 Å². The van der Waals surface area contributed by atoms with Gasteiger partial charge in [0.05, 0.1) is 12.8 Å². The van der Waals surface area contributed by atoms with Gasteiger partial charge in [-0.3, -0.25) is 9.59 Å². The zero-order valence-electron chi connectivity index (χ0n) is 15.4. The van der Waals surface area contributed by atoms with E-state index in [1.807, 2.05) is 18.2 Å². The quantitative estimate of drug-likeness (QED) is 0.477. The van der Waals surface area contributed by atoms with E-state index in [1.54, 1.807) is 6.07 Å². The first kappa shape index (κ1) is 23.0. The zero-order valence-corrected chi connectivity index (χ0v) is 15.4. The van der Waals surface area contributed by atoms with E-state index in [4.69, 9.17) is 10.2 Å². The Morgan fingerprint density at radius 1 is 0.920 bits per heavy atom. The molecule has 1 unspecified atom stereocenters. The first-order chi connectivity index (χ1) is 11.9. The second kappa shape index (κ2) is 14.3. The van der Waals surface area contributed by atoms with E-state index in [1.165, 1.54) is 44.9 Å². The predicted octanol–water partition coefficient (Wildman–Crippen LogP) is 5.18. The number of aromatic hydroxyl groups is 1. The van der Waals surface area contributed by atoms with Crippen LogP contribution >= 0.6 is 0 Å². The van der Waals surface area contributed by atoms with Gasteiger partial charge in [-0.2, -0.15) is 0 Å². The summed E-state index contributed by atoms with van der Waals surface area (Å²) in [6, 6.07) is 7.72. The van der Waals surface area contributed by atoms with Crippen LogP contribution in [0.2, 0.25) is 0 Å². The summed E-state index contributed by atoms with van der Waals surface area (Å²) < 4.78 is 0. The third-order valence-corrected chi connectivity index (χ3v) is 4.01. The Balaban J connectivity index is 0.000000609. The molecule has 0 aliphatic rings. The molecule has 1 atom stereocenters. The van der Waals surface area contributed by atoms with E-state index in [9.17, 15) is 14.7 Å². The third kappa shape index (κ3) is 13.0. The summed E-state index contributed by atoms with van der Waals surface area (Å²) in [6.45, 7) is 4.46. The van der Waals surface area contributed by atoms with Crippen LogP contribution in [0.1, 0.15) is 83.1 Å². The average molecular weight is 352 g/mol. The molecular weight excluding hydrogens is 320 g/mol. The molecule has 1 aromatic carbocycles. The molecule has 0 aromatic heterocycles. The maximum atomic E-state index is 9.75. The molecule has 25 heavy (non-hydrogen) atoms. The SMILES string of the molecule is CCCCCCCCC(C)c1ccccc1O.O=C(O)CCC(=O)O. The van der Waals surface area contributed by atoms with Gasteiger partial charge in [-0.05, 0) is 24.0 Å². The van der Waals surface area contributed by atoms with E-state index in [0.717, 1.165) is 5.56 Å². The van der Waals surface area contributed by atoms with E-state index in [0.29, 0.717) is 11.7 Å². The molecule has 0 spiro atoms. The minimum Gasteiger partial charge on any atom is -0.508 e. The number of carboxylic acids is 2. The van der Waals surface area contributed by atoms with Crippen LogP contribution in [0.5, 0.6) is 5.75 Å². The van der Waals surface area contributed by atoms with Gasteiger partial charge < -0.3 is 15.3 Å². The fourth-order valence-corrected chi connectivity index (χ4v) is 2.50. The lowest BCUT2D eigenvalue weighted by Crippen LogP contribution is -2.00. The monoisotopic (exact) mass is 352 g/mol. The normalized spacial score (nSPS) is 11.3. The van der Waals surface area contributed by atoms with Crippen LogP contribution in [-0.2, 0) is 9.59 Å². The highest BCUT2D eigenvalue weighted by Crippen LogP contribution is 2.29. The van der Waals surface area contributed by atoms with Gasteiger partial charge in [-0.1, -0.05) is 70.6 Å². The molecule has 0 fully saturated rings. The molecule has 1 aromatic rings. The standard InChI is InChI=1S/C16H26O.C4H6O4/c1-3-4-5-6-7-8-11-14(2)15-12-9-10-13-16(15)17;5-3(6)1-2-4(7)8/h9-10,12-14,17H,3-8,11H2,1-2H3;1-2H2,(H,5,6)(H,7,8). The van der Waals surface area contributed by atoms with Crippen LogP contribution in [0.4, 0.5) is 0 Å². The molecule has 0 bridgehead atoms. The summed E-state index contributed by atoms with van der Waals surface area (Å²) in [6.07, 6.45) is 8.62. The summed E-state index contributed by atoms with van der Waals surface area (Å²) in [5.41, 5.74) is 1.10. The molecule has 0 saturated heterocycles. The number of aliphatic carboxylic acids is 2. The van der Waals surface area contributed by atoms with Crippen molar-refractivity contribution in [3.63, 3.8) is 0 Å². The maximum Gasteiger partial charge on any atom is 0.303 e. The summed E-state index contributed by atoms with van der Waals surface area (Å²) in [7, 11) is 0. The van der Waals surface area contributed by atoms with Gasteiger partial charge in [0.15, 0.2) is 0 Å². The number of hydrogen-bond donors (Lipinski definition) is 3. The van der Waals surface area contributed by atoms with Crippen molar-refractivity contribution in [3.8, 4) is 5.75 Å². The molecule has 1 rings (SSSR count). The summed E-state index contributed by atoms with van der Waals surface area (Å²) in [5, 5.41) is 25.6. The van der Waals surface area contributed by atoms with Crippen molar-refractivity contribution in [2.75, 3.05) is 0 Å². The smallest absolute Gasteiger partial charge is 0.303 e. The predicted molar refractivity (Wildman–Crippen MR) is 99.0 cm³/mol. The average Bonchev–Trinajstić information content (AvgIpc) is 2.57. The first-order valence-corrected chi connectivity index (χ1v) is 9.09. The molecule has 0 radical (unpaired) electrons. The second-order valence-corrected chi connectivity index (χ2v) is 6.30. The van der Waals surface area contributed by atoms with Crippen LogP contribution in [0.25, 0.3) is 0 Å². The lowest BCUT2D eigenvalue weighted by atomic mass is 9.94. The van der Waals surface area contributed by atoms with E-state index < -0.39 is 11.9 Å². The summed E-state index contributed by atoms with van der Waals surface area (Å²) in [4.78, 5) is 19.3. The van der Waals surface area contributed by atoms with Crippen molar-refractivity contribution in [2.24, 2.45) is 0 Å². The van der Waals surface area contributed by atoms with Crippen LogP contribution in [-0.4, -0.2) is 27.3 Å². The first-order valence-electron chi connectivity index (χ1n) is 9.09. The molecule has 0 heterocycles. The van der Waals surface area contributed by atoms with Crippen molar-refractivity contribution >= 4 is 11.9 Å². The number of carboxylic acid groups (broad SMARTS) is 2. The van der Waals surface area contributed by atoms with Crippen molar-refractivity contribution in [3.05, 3.63) is 29.8 Å². The largest absolute Gasteiger partial charge is 0.508 e. The Bertz CT molecular complexity index is 485. The number of phenols is 1. The Kier molecular flexibility index (Phi) is 13.1. The second-order valence-electron chi connectivity index (χ2n) is 6.30. The van der Waals surface area contributed by atoms with E-state index >= 15 is 0 Å². The Morgan fingerprint density at radius 2 is 1.44 bits per heavy atom. The lowest BCUT2D eigenvalue weighted by Gasteiger charge is -2.13. The molecular formula is C20H32O5. The number of carbonyl (C=O) groups is 2. The van der Waals surface area contributed by atoms with Crippen LogP contribution in [0, 0.1) is 0 Å². The van der Waals surface area contributed by atoms with E-state index in [2.05, 4.69) is 13.8 Å². The Labute approximate surface area is 150 Å². The van der Waals surface area contributed by atoms with Gasteiger partial charge in [0.1, 0.15) is 5.75 Å². The van der Waals surface area contributed by atoms with Gasteiger partial charge in [0.2, 0.25) is 0 Å².